The Labute approximate surface area is 95.7 Å². The fourth-order valence-corrected chi connectivity index (χ4v) is 1.70. The second kappa shape index (κ2) is 6.75. The molecule has 0 unspecified atom stereocenters. The lowest BCUT2D eigenvalue weighted by Crippen LogP contribution is -2.00. The first-order valence-electron chi connectivity index (χ1n) is 5.22. The van der Waals surface area contributed by atoms with Gasteiger partial charge in [0, 0.05) is 5.75 Å². The maximum absolute atomic E-state index is 9.32. The highest BCUT2D eigenvalue weighted by Gasteiger charge is 2.00. The average Bonchev–Trinajstić information content (AvgIpc) is 2.25. The normalized spacial score (nSPS) is 12.5. The van der Waals surface area contributed by atoms with E-state index >= 15 is 0 Å². The molecule has 0 aliphatic carbocycles. The standard InChI is InChI=1S/C12H18O2S/c1-3-15-9-8-14-12-6-4-11(5-7-12)10(2)13/h4-7,10,13H,3,8-9H2,1-2H3/t10-/m0/s1. The molecule has 1 N–H and O–H groups in total. The van der Waals surface area contributed by atoms with Gasteiger partial charge >= 0.3 is 0 Å². The van der Waals surface area contributed by atoms with E-state index in [4.69, 9.17) is 4.74 Å². The Hall–Kier alpha value is -0.670. The highest BCUT2D eigenvalue weighted by molar-refractivity contribution is 7.99. The van der Waals surface area contributed by atoms with Crippen molar-refractivity contribution in [3.8, 4) is 5.75 Å². The zero-order valence-corrected chi connectivity index (χ0v) is 10.1. The summed E-state index contributed by atoms with van der Waals surface area (Å²) in [6.07, 6.45) is -0.408. The summed E-state index contributed by atoms with van der Waals surface area (Å²) in [5.74, 6) is 3.02. The number of hydrogen-bond acceptors (Lipinski definition) is 3. The van der Waals surface area contributed by atoms with Gasteiger partial charge in [0.2, 0.25) is 0 Å². The van der Waals surface area contributed by atoms with Crippen LogP contribution in [-0.4, -0.2) is 23.2 Å². The molecule has 1 atom stereocenters. The summed E-state index contributed by atoms with van der Waals surface area (Å²) in [4.78, 5) is 0. The number of thioether (sulfide) groups is 1. The second-order valence-corrected chi connectivity index (χ2v) is 4.68. The SMILES string of the molecule is CCSCCOc1ccc([C@H](C)O)cc1. The van der Waals surface area contributed by atoms with Crippen molar-refractivity contribution in [2.45, 2.75) is 20.0 Å². The highest BCUT2D eigenvalue weighted by atomic mass is 32.2. The van der Waals surface area contributed by atoms with Crippen molar-refractivity contribution < 1.29 is 9.84 Å². The Morgan fingerprint density at radius 1 is 1.33 bits per heavy atom. The van der Waals surface area contributed by atoms with Crippen LogP contribution in [0, 0.1) is 0 Å². The number of benzene rings is 1. The maximum atomic E-state index is 9.32. The second-order valence-electron chi connectivity index (χ2n) is 3.29. The van der Waals surface area contributed by atoms with Crippen LogP contribution in [0.25, 0.3) is 0 Å². The molecule has 1 aromatic rings. The monoisotopic (exact) mass is 226 g/mol. The Morgan fingerprint density at radius 2 is 2.00 bits per heavy atom. The third kappa shape index (κ3) is 4.58. The van der Waals surface area contributed by atoms with E-state index in [1.165, 1.54) is 0 Å². The largest absolute Gasteiger partial charge is 0.493 e. The van der Waals surface area contributed by atoms with Gasteiger partial charge in [-0.3, -0.25) is 0 Å². The van der Waals surface area contributed by atoms with E-state index in [9.17, 15) is 5.11 Å². The maximum Gasteiger partial charge on any atom is 0.119 e. The Kier molecular flexibility index (Phi) is 5.58. The number of aliphatic hydroxyl groups excluding tert-OH is 1. The van der Waals surface area contributed by atoms with Crippen molar-refractivity contribution in [3.05, 3.63) is 29.8 Å². The van der Waals surface area contributed by atoms with Crippen LogP contribution in [0.4, 0.5) is 0 Å². The van der Waals surface area contributed by atoms with E-state index in [1.54, 1.807) is 6.92 Å². The summed E-state index contributed by atoms with van der Waals surface area (Å²) in [5.41, 5.74) is 0.922. The molecule has 0 amide bonds. The van der Waals surface area contributed by atoms with Crippen LogP contribution in [-0.2, 0) is 0 Å². The minimum Gasteiger partial charge on any atom is -0.493 e. The van der Waals surface area contributed by atoms with Gasteiger partial charge < -0.3 is 9.84 Å². The van der Waals surface area contributed by atoms with Crippen LogP contribution in [0.1, 0.15) is 25.5 Å². The predicted octanol–water partition coefficient (Wildman–Crippen LogP) is 2.87. The predicted molar refractivity (Wildman–Crippen MR) is 65.6 cm³/mol. The molecule has 0 aliphatic heterocycles. The van der Waals surface area contributed by atoms with E-state index in [2.05, 4.69) is 6.92 Å². The van der Waals surface area contributed by atoms with Gasteiger partial charge in [-0.1, -0.05) is 19.1 Å². The van der Waals surface area contributed by atoms with Crippen molar-refractivity contribution in [2.75, 3.05) is 18.1 Å². The molecule has 0 aliphatic rings. The van der Waals surface area contributed by atoms with Crippen LogP contribution in [0.15, 0.2) is 24.3 Å². The summed E-state index contributed by atoms with van der Waals surface area (Å²) < 4.78 is 5.54. The van der Waals surface area contributed by atoms with Gasteiger partial charge in [-0.15, -0.1) is 0 Å². The van der Waals surface area contributed by atoms with Gasteiger partial charge in [0.05, 0.1) is 12.7 Å². The molecular formula is C12H18O2S. The first kappa shape index (κ1) is 12.4. The summed E-state index contributed by atoms with van der Waals surface area (Å²) in [5, 5.41) is 9.32. The molecule has 1 rings (SSSR count). The van der Waals surface area contributed by atoms with Gasteiger partial charge in [-0.25, -0.2) is 0 Å². The van der Waals surface area contributed by atoms with Crippen molar-refractivity contribution >= 4 is 11.8 Å². The Balaban J connectivity index is 2.36. The van der Waals surface area contributed by atoms with E-state index < -0.39 is 6.10 Å². The Morgan fingerprint density at radius 3 is 2.53 bits per heavy atom. The van der Waals surface area contributed by atoms with E-state index in [1.807, 2.05) is 36.0 Å². The van der Waals surface area contributed by atoms with Crippen LogP contribution in [0.3, 0.4) is 0 Å². The molecule has 0 bridgehead atoms. The highest BCUT2D eigenvalue weighted by Crippen LogP contribution is 2.17. The Bertz CT molecular complexity index is 269. The lowest BCUT2D eigenvalue weighted by molar-refractivity contribution is 0.199. The molecule has 0 saturated heterocycles. The van der Waals surface area contributed by atoms with Crippen LogP contribution in [0.5, 0.6) is 5.75 Å². The van der Waals surface area contributed by atoms with Crippen molar-refractivity contribution in [1.29, 1.82) is 0 Å². The van der Waals surface area contributed by atoms with Gasteiger partial charge in [-0.2, -0.15) is 11.8 Å². The molecule has 0 radical (unpaired) electrons. The van der Waals surface area contributed by atoms with Gasteiger partial charge in [0.25, 0.3) is 0 Å². The fourth-order valence-electron chi connectivity index (χ4n) is 1.21. The molecule has 0 heterocycles. The van der Waals surface area contributed by atoms with Crippen molar-refractivity contribution in [3.63, 3.8) is 0 Å². The molecule has 3 heteroatoms. The summed E-state index contributed by atoms with van der Waals surface area (Å²) >= 11 is 1.87. The van der Waals surface area contributed by atoms with Crippen molar-refractivity contribution in [1.82, 2.24) is 0 Å². The topological polar surface area (TPSA) is 29.5 Å². The first-order valence-corrected chi connectivity index (χ1v) is 6.38. The first-order chi connectivity index (χ1) is 7.24. The van der Waals surface area contributed by atoms with Gasteiger partial charge in [-0.05, 0) is 30.4 Å². The lowest BCUT2D eigenvalue weighted by Gasteiger charge is -2.08. The smallest absolute Gasteiger partial charge is 0.119 e. The summed E-state index contributed by atoms with van der Waals surface area (Å²) in [6.45, 7) is 4.64. The molecule has 1 aromatic carbocycles. The molecule has 0 spiro atoms. The number of hydrogen-bond donors (Lipinski definition) is 1. The molecular weight excluding hydrogens is 208 g/mol. The van der Waals surface area contributed by atoms with E-state index in [-0.39, 0.29) is 0 Å². The zero-order chi connectivity index (χ0) is 11.1. The molecule has 0 saturated carbocycles. The zero-order valence-electron chi connectivity index (χ0n) is 9.27. The summed E-state index contributed by atoms with van der Waals surface area (Å²) in [7, 11) is 0. The van der Waals surface area contributed by atoms with Gasteiger partial charge in [0.1, 0.15) is 5.75 Å². The van der Waals surface area contributed by atoms with Crippen LogP contribution >= 0.6 is 11.8 Å². The molecule has 84 valence electrons. The lowest BCUT2D eigenvalue weighted by atomic mass is 10.1. The van der Waals surface area contributed by atoms with E-state index in [0.717, 1.165) is 29.4 Å². The molecule has 0 fully saturated rings. The van der Waals surface area contributed by atoms with E-state index in [0.29, 0.717) is 0 Å². The number of rotatable bonds is 6. The van der Waals surface area contributed by atoms with Gasteiger partial charge in [0.15, 0.2) is 0 Å². The fraction of sp³-hybridized carbons (Fsp3) is 0.500. The summed E-state index contributed by atoms with van der Waals surface area (Å²) in [6, 6.07) is 7.59. The molecule has 2 nitrogen and oxygen atoms in total. The number of ether oxygens (including phenoxy) is 1. The van der Waals surface area contributed by atoms with Crippen LogP contribution in [0.2, 0.25) is 0 Å². The molecule has 0 aromatic heterocycles. The average molecular weight is 226 g/mol. The third-order valence-electron chi connectivity index (χ3n) is 2.06. The van der Waals surface area contributed by atoms with Crippen molar-refractivity contribution in [2.24, 2.45) is 0 Å². The number of aliphatic hydroxyl groups is 1. The minimum atomic E-state index is -0.408. The quantitative estimate of drug-likeness (QED) is 0.756. The van der Waals surface area contributed by atoms with Crippen LogP contribution < -0.4 is 4.74 Å². The minimum absolute atomic E-state index is 0.408. The third-order valence-corrected chi connectivity index (χ3v) is 2.93. The molecule has 15 heavy (non-hydrogen) atoms.